The third kappa shape index (κ3) is 7.70. The number of piperidine rings is 1. The largest absolute Gasteiger partial charge is 0.444 e. The van der Waals surface area contributed by atoms with Crippen LogP contribution in [0.3, 0.4) is 0 Å². The summed E-state index contributed by atoms with van der Waals surface area (Å²) in [7, 11) is 1.50. The molecule has 1 aliphatic heterocycles. The van der Waals surface area contributed by atoms with Crippen molar-refractivity contribution in [1.29, 1.82) is 0 Å². The van der Waals surface area contributed by atoms with E-state index in [0.29, 0.717) is 25.9 Å². The fourth-order valence-electron chi connectivity index (χ4n) is 3.42. The molecule has 11 heteroatoms. The molecular formula is C22H32N4O7. The first-order valence-electron chi connectivity index (χ1n) is 10.8. The molecule has 1 aromatic carbocycles. The average Bonchev–Trinajstić information content (AvgIpc) is 2.72. The number of methoxy groups -OCH3 is 1. The van der Waals surface area contributed by atoms with Gasteiger partial charge in [-0.1, -0.05) is 0 Å². The SMILES string of the molecule is COCC(C)NC(=O)c1cc([N+](=O)[O-])ccc1NC(=O)C1CCN(C(=O)OC(C)(C)C)CC1. The maximum atomic E-state index is 12.9. The summed E-state index contributed by atoms with van der Waals surface area (Å²) in [6.45, 7) is 8.11. The van der Waals surface area contributed by atoms with Crippen molar-refractivity contribution in [2.75, 3.05) is 32.1 Å². The van der Waals surface area contributed by atoms with Crippen molar-refractivity contribution in [2.45, 2.75) is 52.2 Å². The molecule has 0 aromatic heterocycles. The van der Waals surface area contributed by atoms with Crippen molar-refractivity contribution >= 4 is 29.3 Å². The topological polar surface area (TPSA) is 140 Å². The minimum Gasteiger partial charge on any atom is -0.444 e. The second-order valence-corrected chi connectivity index (χ2v) is 9.05. The highest BCUT2D eigenvalue weighted by Crippen LogP contribution is 2.25. The van der Waals surface area contributed by atoms with Gasteiger partial charge in [-0.15, -0.1) is 0 Å². The molecule has 1 heterocycles. The second-order valence-electron chi connectivity index (χ2n) is 9.05. The normalized spacial score (nSPS) is 15.5. The van der Waals surface area contributed by atoms with E-state index < -0.39 is 22.5 Å². The van der Waals surface area contributed by atoms with Crippen LogP contribution in [0.1, 0.15) is 50.9 Å². The Hall–Kier alpha value is -3.21. The van der Waals surface area contributed by atoms with Gasteiger partial charge < -0.3 is 25.0 Å². The van der Waals surface area contributed by atoms with Gasteiger partial charge >= 0.3 is 6.09 Å². The Kier molecular flexibility index (Phi) is 8.75. The van der Waals surface area contributed by atoms with Crippen molar-refractivity contribution in [1.82, 2.24) is 10.2 Å². The number of non-ortho nitro benzene ring substituents is 1. The number of benzene rings is 1. The maximum Gasteiger partial charge on any atom is 0.410 e. The van der Waals surface area contributed by atoms with Gasteiger partial charge in [-0.3, -0.25) is 19.7 Å². The van der Waals surface area contributed by atoms with Gasteiger partial charge in [-0.2, -0.15) is 0 Å². The predicted octanol–water partition coefficient (Wildman–Crippen LogP) is 2.95. The average molecular weight is 465 g/mol. The van der Waals surface area contributed by atoms with E-state index in [1.165, 1.54) is 19.2 Å². The molecule has 1 atom stereocenters. The zero-order valence-electron chi connectivity index (χ0n) is 19.7. The number of hydrogen-bond donors (Lipinski definition) is 2. The van der Waals surface area contributed by atoms with Gasteiger partial charge in [0.1, 0.15) is 5.60 Å². The lowest BCUT2D eigenvalue weighted by Crippen LogP contribution is -2.43. The number of likely N-dealkylation sites (tertiary alicyclic amines) is 1. The van der Waals surface area contributed by atoms with E-state index in [0.717, 1.165) is 6.07 Å². The number of hydrogen-bond acceptors (Lipinski definition) is 7. The van der Waals surface area contributed by atoms with Crippen LogP contribution in [0.5, 0.6) is 0 Å². The van der Waals surface area contributed by atoms with E-state index in [-0.39, 0.29) is 41.4 Å². The van der Waals surface area contributed by atoms with E-state index >= 15 is 0 Å². The number of rotatable bonds is 7. The van der Waals surface area contributed by atoms with Crippen molar-refractivity contribution in [3.63, 3.8) is 0 Å². The van der Waals surface area contributed by atoms with Crippen LogP contribution in [-0.4, -0.2) is 66.2 Å². The molecule has 3 amide bonds. The van der Waals surface area contributed by atoms with Crippen LogP contribution < -0.4 is 10.6 Å². The number of anilines is 1. The third-order valence-corrected chi connectivity index (χ3v) is 5.03. The van der Waals surface area contributed by atoms with Crippen molar-refractivity contribution in [2.24, 2.45) is 5.92 Å². The summed E-state index contributed by atoms with van der Waals surface area (Å²) in [5.74, 6) is -1.24. The van der Waals surface area contributed by atoms with Crippen LogP contribution in [0.15, 0.2) is 18.2 Å². The molecule has 1 saturated heterocycles. The number of carbonyl (C=O) groups excluding carboxylic acids is 3. The second kappa shape index (κ2) is 11.1. The molecule has 0 saturated carbocycles. The number of nitro benzene ring substituents is 1. The quantitative estimate of drug-likeness (QED) is 0.467. The Balaban J connectivity index is 2.08. The molecule has 1 aliphatic rings. The van der Waals surface area contributed by atoms with Crippen LogP contribution in [0, 0.1) is 16.0 Å². The van der Waals surface area contributed by atoms with Gasteiger partial charge in [0.15, 0.2) is 0 Å². The summed E-state index contributed by atoms with van der Waals surface area (Å²) in [6.07, 6.45) is 0.454. The molecular weight excluding hydrogens is 432 g/mol. The van der Waals surface area contributed by atoms with Crippen LogP contribution in [0.4, 0.5) is 16.2 Å². The molecule has 0 aliphatic carbocycles. The third-order valence-electron chi connectivity index (χ3n) is 5.03. The zero-order valence-corrected chi connectivity index (χ0v) is 19.7. The van der Waals surface area contributed by atoms with Gasteiger partial charge in [0.2, 0.25) is 5.91 Å². The molecule has 1 fully saturated rings. The Morgan fingerprint density at radius 3 is 2.42 bits per heavy atom. The fraction of sp³-hybridized carbons (Fsp3) is 0.591. The lowest BCUT2D eigenvalue weighted by atomic mass is 9.96. The lowest BCUT2D eigenvalue weighted by molar-refractivity contribution is -0.384. The summed E-state index contributed by atoms with van der Waals surface area (Å²) >= 11 is 0. The van der Waals surface area contributed by atoms with Crippen molar-refractivity contribution in [3.8, 4) is 0 Å². The molecule has 2 N–H and O–H groups in total. The molecule has 11 nitrogen and oxygen atoms in total. The van der Waals surface area contributed by atoms with Crippen LogP contribution >= 0.6 is 0 Å². The number of carbonyl (C=O) groups is 3. The summed E-state index contributed by atoms with van der Waals surface area (Å²) in [6, 6.07) is 3.38. The van der Waals surface area contributed by atoms with E-state index in [4.69, 9.17) is 9.47 Å². The Morgan fingerprint density at radius 1 is 1.24 bits per heavy atom. The van der Waals surface area contributed by atoms with Gasteiger partial charge in [0.05, 0.1) is 22.8 Å². The Morgan fingerprint density at radius 2 is 1.88 bits per heavy atom. The van der Waals surface area contributed by atoms with E-state index in [2.05, 4.69) is 10.6 Å². The standard InChI is InChI=1S/C22H32N4O7/c1-14(13-32-5)23-20(28)17-12-16(26(30)31)6-7-18(17)24-19(27)15-8-10-25(11-9-15)21(29)33-22(2,3)4/h6-7,12,14-15H,8-11,13H2,1-5H3,(H,23,28)(H,24,27). The fourth-order valence-corrected chi connectivity index (χ4v) is 3.42. The maximum absolute atomic E-state index is 12.9. The van der Waals surface area contributed by atoms with Gasteiger partial charge in [-0.05, 0) is 46.6 Å². The molecule has 1 unspecified atom stereocenters. The number of amides is 3. The summed E-state index contributed by atoms with van der Waals surface area (Å²) in [5, 5.41) is 16.6. The lowest BCUT2D eigenvalue weighted by Gasteiger charge is -2.33. The number of nitrogens with one attached hydrogen (secondary N) is 2. The minimum atomic E-state index is -0.604. The number of nitro groups is 1. The summed E-state index contributed by atoms with van der Waals surface area (Å²) < 4.78 is 10.4. The highest BCUT2D eigenvalue weighted by atomic mass is 16.6. The molecule has 2 rings (SSSR count). The van der Waals surface area contributed by atoms with Crippen LogP contribution in [0.2, 0.25) is 0 Å². The first kappa shape index (κ1) is 26.0. The summed E-state index contributed by atoms with van der Waals surface area (Å²) in [5.41, 5.74) is -0.684. The minimum absolute atomic E-state index is 0.00769. The van der Waals surface area contributed by atoms with Crippen LogP contribution in [-0.2, 0) is 14.3 Å². The monoisotopic (exact) mass is 464 g/mol. The van der Waals surface area contributed by atoms with Crippen molar-refractivity contribution < 1.29 is 28.8 Å². The highest BCUT2D eigenvalue weighted by molar-refractivity contribution is 6.04. The first-order valence-corrected chi connectivity index (χ1v) is 10.8. The first-order chi connectivity index (χ1) is 15.4. The van der Waals surface area contributed by atoms with E-state index in [1.54, 1.807) is 32.6 Å². The summed E-state index contributed by atoms with van der Waals surface area (Å²) in [4.78, 5) is 49.9. The smallest absolute Gasteiger partial charge is 0.410 e. The Labute approximate surface area is 192 Å². The highest BCUT2D eigenvalue weighted by Gasteiger charge is 2.30. The molecule has 0 bridgehead atoms. The number of nitrogens with zero attached hydrogens (tertiary/aromatic N) is 2. The van der Waals surface area contributed by atoms with Crippen LogP contribution in [0.25, 0.3) is 0 Å². The van der Waals surface area contributed by atoms with E-state index in [1.807, 2.05) is 0 Å². The van der Waals surface area contributed by atoms with Gasteiger partial charge in [0, 0.05) is 44.3 Å². The molecule has 33 heavy (non-hydrogen) atoms. The zero-order chi connectivity index (χ0) is 24.8. The number of ether oxygens (including phenoxy) is 2. The molecule has 1 aromatic rings. The molecule has 0 spiro atoms. The Bertz CT molecular complexity index is 889. The van der Waals surface area contributed by atoms with Crippen molar-refractivity contribution in [3.05, 3.63) is 33.9 Å². The molecule has 0 radical (unpaired) electrons. The van der Waals surface area contributed by atoms with E-state index in [9.17, 15) is 24.5 Å². The molecule has 182 valence electrons. The van der Waals surface area contributed by atoms with Gasteiger partial charge in [0.25, 0.3) is 11.6 Å². The predicted molar refractivity (Wildman–Crippen MR) is 121 cm³/mol. The van der Waals surface area contributed by atoms with Gasteiger partial charge in [-0.25, -0.2) is 4.79 Å².